The molecule has 0 aliphatic rings. The number of hydrogen-bond acceptors (Lipinski definition) is 3. The van der Waals surface area contributed by atoms with Gasteiger partial charge in [0.15, 0.2) is 0 Å². The number of nitrogens with zero attached hydrogens (tertiary/aromatic N) is 1. The fourth-order valence-electron chi connectivity index (χ4n) is 1.56. The third-order valence-electron chi connectivity index (χ3n) is 2.59. The lowest BCUT2D eigenvalue weighted by Crippen LogP contribution is -1.99. The summed E-state index contributed by atoms with van der Waals surface area (Å²) in [6.45, 7) is 0.0296. The Bertz CT molecular complexity index is 630. The molecule has 94 valence electrons. The van der Waals surface area contributed by atoms with Gasteiger partial charge in [-0.25, -0.2) is 4.39 Å². The zero-order valence-electron chi connectivity index (χ0n) is 9.97. The van der Waals surface area contributed by atoms with Crippen LogP contribution in [0.1, 0.15) is 21.5 Å². The van der Waals surface area contributed by atoms with E-state index in [1.807, 2.05) is 6.07 Å². The predicted molar refractivity (Wildman–Crippen MR) is 67.3 cm³/mol. The van der Waals surface area contributed by atoms with Crippen molar-refractivity contribution in [2.75, 3.05) is 0 Å². The highest BCUT2D eigenvalue weighted by Crippen LogP contribution is 2.16. The van der Waals surface area contributed by atoms with E-state index in [-0.39, 0.29) is 6.61 Å². The molecule has 0 atom stereocenters. The minimum absolute atomic E-state index is 0.0296. The summed E-state index contributed by atoms with van der Waals surface area (Å²) in [7, 11) is 0. The van der Waals surface area contributed by atoms with Crippen LogP contribution in [0.2, 0.25) is 0 Å². The Labute approximate surface area is 109 Å². The lowest BCUT2D eigenvalue weighted by molar-refractivity contribution is 0.112. The number of carbonyl (C=O) groups is 1. The Morgan fingerprint density at radius 3 is 2.58 bits per heavy atom. The summed E-state index contributed by atoms with van der Waals surface area (Å²) in [6, 6.07) is 12.6. The summed E-state index contributed by atoms with van der Waals surface area (Å²) >= 11 is 0. The number of aldehydes is 1. The van der Waals surface area contributed by atoms with Gasteiger partial charge in [-0.1, -0.05) is 0 Å². The van der Waals surface area contributed by atoms with Crippen molar-refractivity contribution < 1.29 is 13.9 Å². The molecule has 0 radical (unpaired) electrons. The van der Waals surface area contributed by atoms with E-state index in [9.17, 15) is 9.18 Å². The number of hydrogen-bond donors (Lipinski definition) is 0. The number of carbonyl (C=O) groups excluding carboxylic acids is 1. The topological polar surface area (TPSA) is 50.1 Å². The number of benzene rings is 2. The van der Waals surface area contributed by atoms with E-state index in [1.54, 1.807) is 24.3 Å². The van der Waals surface area contributed by atoms with Crippen LogP contribution < -0.4 is 4.74 Å². The van der Waals surface area contributed by atoms with Crippen molar-refractivity contribution in [1.82, 2.24) is 0 Å². The van der Waals surface area contributed by atoms with Gasteiger partial charge in [-0.15, -0.1) is 0 Å². The molecule has 0 N–H and O–H groups in total. The molecule has 2 aromatic rings. The van der Waals surface area contributed by atoms with Crippen molar-refractivity contribution in [1.29, 1.82) is 5.26 Å². The van der Waals surface area contributed by atoms with Crippen molar-refractivity contribution in [3.05, 3.63) is 65.0 Å². The Balaban J connectivity index is 2.09. The molecule has 3 nitrogen and oxygen atoms in total. The molecule has 0 aliphatic heterocycles. The number of rotatable bonds is 4. The molecule has 0 bridgehead atoms. The van der Waals surface area contributed by atoms with Crippen molar-refractivity contribution >= 4 is 6.29 Å². The van der Waals surface area contributed by atoms with Crippen molar-refractivity contribution in [2.45, 2.75) is 6.61 Å². The highest BCUT2D eigenvalue weighted by molar-refractivity contribution is 5.74. The maximum absolute atomic E-state index is 13.5. The molecule has 0 saturated heterocycles. The highest BCUT2D eigenvalue weighted by atomic mass is 19.1. The van der Waals surface area contributed by atoms with E-state index in [1.165, 1.54) is 18.2 Å². The molecular formula is C15H10FNO2. The van der Waals surface area contributed by atoms with E-state index in [2.05, 4.69) is 0 Å². The Hall–Kier alpha value is -2.67. The summed E-state index contributed by atoms with van der Waals surface area (Å²) in [5.41, 5.74) is 1.25. The molecular weight excluding hydrogens is 245 g/mol. The SMILES string of the molecule is N#Cc1ccc(F)c(COc2ccc(C=O)cc2)c1. The smallest absolute Gasteiger partial charge is 0.150 e. The first-order chi connectivity index (χ1) is 9.22. The van der Waals surface area contributed by atoms with Gasteiger partial charge >= 0.3 is 0 Å². The molecule has 0 heterocycles. The van der Waals surface area contributed by atoms with Gasteiger partial charge in [0.05, 0.1) is 11.6 Å². The maximum atomic E-state index is 13.5. The first kappa shape index (κ1) is 12.8. The van der Waals surface area contributed by atoms with Crippen LogP contribution in [0.5, 0.6) is 5.75 Å². The second kappa shape index (κ2) is 5.78. The molecule has 0 fully saturated rings. The maximum Gasteiger partial charge on any atom is 0.150 e. The molecule has 0 aromatic heterocycles. The molecule has 0 aliphatic carbocycles. The molecule has 0 amide bonds. The van der Waals surface area contributed by atoms with Crippen LogP contribution in [0, 0.1) is 17.1 Å². The van der Waals surface area contributed by atoms with Gasteiger partial charge in [-0.3, -0.25) is 4.79 Å². The van der Waals surface area contributed by atoms with Crippen LogP contribution >= 0.6 is 0 Å². The molecule has 19 heavy (non-hydrogen) atoms. The van der Waals surface area contributed by atoms with Gasteiger partial charge in [-0.2, -0.15) is 5.26 Å². The fraction of sp³-hybridized carbons (Fsp3) is 0.0667. The molecule has 0 spiro atoms. The van der Waals surface area contributed by atoms with E-state index < -0.39 is 5.82 Å². The number of nitriles is 1. The second-order valence-electron chi connectivity index (χ2n) is 3.89. The second-order valence-corrected chi connectivity index (χ2v) is 3.89. The van der Waals surface area contributed by atoms with Crippen molar-refractivity contribution in [3.8, 4) is 11.8 Å². The van der Waals surface area contributed by atoms with Crippen molar-refractivity contribution in [2.24, 2.45) is 0 Å². The largest absolute Gasteiger partial charge is 0.489 e. The average Bonchev–Trinajstić information content (AvgIpc) is 2.47. The minimum atomic E-state index is -0.413. The minimum Gasteiger partial charge on any atom is -0.489 e. The molecule has 0 saturated carbocycles. The summed E-state index contributed by atoms with van der Waals surface area (Å²) in [5, 5.41) is 8.75. The molecule has 2 rings (SSSR count). The van der Waals surface area contributed by atoms with E-state index in [0.29, 0.717) is 22.4 Å². The normalized spacial score (nSPS) is 9.68. The predicted octanol–water partition coefficient (Wildman–Crippen LogP) is 3.09. The lowest BCUT2D eigenvalue weighted by Gasteiger charge is -2.07. The van der Waals surface area contributed by atoms with Gasteiger partial charge in [0.25, 0.3) is 0 Å². The van der Waals surface area contributed by atoms with Crippen LogP contribution in [-0.4, -0.2) is 6.29 Å². The van der Waals surface area contributed by atoms with Gasteiger partial charge in [-0.05, 0) is 42.5 Å². The average molecular weight is 255 g/mol. The van der Waals surface area contributed by atoms with Crippen LogP contribution in [0.4, 0.5) is 4.39 Å². The summed E-state index contributed by atoms with van der Waals surface area (Å²) in [6.07, 6.45) is 0.736. The van der Waals surface area contributed by atoms with Crippen molar-refractivity contribution in [3.63, 3.8) is 0 Å². The van der Waals surface area contributed by atoms with Gasteiger partial charge in [0, 0.05) is 11.1 Å². The molecule has 2 aromatic carbocycles. The molecule has 0 unspecified atom stereocenters. The quantitative estimate of drug-likeness (QED) is 0.789. The number of halogens is 1. The van der Waals surface area contributed by atoms with E-state index >= 15 is 0 Å². The third-order valence-corrected chi connectivity index (χ3v) is 2.59. The fourth-order valence-corrected chi connectivity index (χ4v) is 1.56. The third kappa shape index (κ3) is 3.17. The first-order valence-corrected chi connectivity index (χ1v) is 5.59. The van der Waals surface area contributed by atoms with Crippen LogP contribution in [0.3, 0.4) is 0 Å². The monoisotopic (exact) mass is 255 g/mol. The van der Waals surface area contributed by atoms with Crippen LogP contribution in [0.15, 0.2) is 42.5 Å². The summed E-state index contributed by atoms with van der Waals surface area (Å²) in [5.74, 6) is 0.121. The van der Waals surface area contributed by atoms with Gasteiger partial charge in [0.1, 0.15) is 24.5 Å². The van der Waals surface area contributed by atoms with Crippen LogP contribution in [-0.2, 0) is 6.61 Å². The van der Waals surface area contributed by atoms with E-state index in [4.69, 9.17) is 10.00 Å². The van der Waals surface area contributed by atoms with Crippen LogP contribution in [0.25, 0.3) is 0 Å². The highest BCUT2D eigenvalue weighted by Gasteiger charge is 2.04. The zero-order valence-corrected chi connectivity index (χ0v) is 9.97. The molecule has 4 heteroatoms. The summed E-state index contributed by atoms with van der Waals surface area (Å²) in [4.78, 5) is 10.5. The Morgan fingerprint density at radius 2 is 1.95 bits per heavy atom. The Kier molecular flexibility index (Phi) is 3.89. The zero-order chi connectivity index (χ0) is 13.7. The van der Waals surface area contributed by atoms with Gasteiger partial charge in [0.2, 0.25) is 0 Å². The number of ether oxygens (including phenoxy) is 1. The van der Waals surface area contributed by atoms with Gasteiger partial charge < -0.3 is 4.74 Å². The van der Waals surface area contributed by atoms with E-state index in [0.717, 1.165) is 6.29 Å². The Morgan fingerprint density at radius 1 is 1.21 bits per heavy atom. The lowest BCUT2D eigenvalue weighted by atomic mass is 10.1. The summed E-state index contributed by atoms with van der Waals surface area (Å²) < 4.78 is 18.9. The standard InChI is InChI=1S/C15H10FNO2/c16-15-6-3-12(8-17)7-13(15)10-19-14-4-1-11(9-18)2-5-14/h1-7,9H,10H2. The first-order valence-electron chi connectivity index (χ1n) is 5.59.